The Labute approximate surface area is 168 Å². The molecule has 1 aromatic carbocycles. The largest absolute Gasteiger partial charge is 0.423 e. The molecule has 148 valence electrons. The third kappa shape index (κ3) is 2.95. The lowest BCUT2D eigenvalue weighted by atomic mass is 9.59. The van der Waals surface area contributed by atoms with Crippen LogP contribution in [0.2, 0.25) is 0 Å². The summed E-state index contributed by atoms with van der Waals surface area (Å²) in [6.07, 6.45) is 11.8. The van der Waals surface area contributed by atoms with Crippen molar-refractivity contribution in [2.24, 2.45) is 11.8 Å². The summed E-state index contributed by atoms with van der Waals surface area (Å²) in [5.41, 5.74) is 4.29. The zero-order chi connectivity index (χ0) is 19.5. The molecule has 1 aliphatic heterocycles. The smallest absolute Gasteiger partial charge is 0.336 e. The predicted octanol–water partition coefficient (Wildman–Crippen LogP) is 4.80. The fraction of sp³-hybridized carbons (Fsp3) is 0.560. The monoisotopic (exact) mass is 377 g/mol. The van der Waals surface area contributed by atoms with E-state index < -0.39 is 0 Å². The van der Waals surface area contributed by atoms with Crippen LogP contribution in [-0.4, -0.2) is 29.5 Å². The number of hydrogen-bond acceptors (Lipinski definition) is 3. The van der Waals surface area contributed by atoms with Gasteiger partial charge in [0.2, 0.25) is 0 Å². The molecular weight excluding hydrogens is 346 g/mol. The van der Waals surface area contributed by atoms with E-state index >= 15 is 0 Å². The molecule has 0 amide bonds. The van der Waals surface area contributed by atoms with Crippen LogP contribution in [0.5, 0.6) is 5.75 Å². The summed E-state index contributed by atoms with van der Waals surface area (Å²) in [6.45, 7) is 7.80. The van der Waals surface area contributed by atoms with Gasteiger partial charge < -0.3 is 4.74 Å². The van der Waals surface area contributed by atoms with Crippen molar-refractivity contribution in [3.05, 3.63) is 53.1 Å². The molecule has 4 aliphatic rings. The van der Waals surface area contributed by atoms with Gasteiger partial charge in [-0.25, -0.2) is 4.79 Å². The highest BCUT2D eigenvalue weighted by atomic mass is 16.5. The van der Waals surface area contributed by atoms with Crippen LogP contribution < -0.4 is 4.74 Å². The van der Waals surface area contributed by atoms with Gasteiger partial charge >= 0.3 is 5.97 Å². The van der Waals surface area contributed by atoms with Crippen LogP contribution in [0.4, 0.5) is 0 Å². The normalized spacial score (nSPS) is 33.2. The van der Waals surface area contributed by atoms with Gasteiger partial charge in [0, 0.05) is 24.7 Å². The molecular formula is C25H31NO2. The van der Waals surface area contributed by atoms with Crippen LogP contribution in [-0.2, 0) is 16.6 Å². The molecule has 0 spiro atoms. The quantitative estimate of drug-likeness (QED) is 0.319. The van der Waals surface area contributed by atoms with Crippen LogP contribution >= 0.6 is 0 Å². The number of rotatable bonds is 5. The summed E-state index contributed by atoms with van der Waals surface area (Å²) < 4.78 is 5.61. The molecule has 0 aromatic heterocycles. The first-order valence-electron chi connectivity index (χ1n) is 10.9. The lowest BCUT2D eigenvalue weighted by Crippen LogP contribution is -2.68. The van der Waals surface area contributed by atoms with Crippen molar-refractivity contribution in [3.8, 4) is 5.75 Å². The van der Waals surface area contributed by atoms with Gasteiger partial charge in [-0.15, -0.1) is 0 Å². The average Bonchev–Trinajstić information content (AvgIpc) is 3.40. The van der Waals surface area contributed by atoms with Crippen LogP contribution in [0.1, 0.15) is 57.6 Å². The standard InChI is InChI=1S/C25H31NO2/c1-16(2)5-4-6-23(27)28-19-10-9-18-13-22-24-21(26(22)15-17-7-8-17)11-12-25(24,3)20(18)14-19/h4-6,9-10,14,17,21-22,24H,7-8,11-13,15H2,1-3H3/b6-4+. The van der Waals surface area contributed by atoms with Crippen LogP contribution in [0.3, 0.4) is 0 Å². The van der Waals surface area contributed by atoms with Crippen LogP contribution in [0, 0.1) is 11.8 Å². The van der Waals surface area contributed by atoms with E-state index in [0.717, 1.165) is 35.9 Å². The van der Waals surface area contributed by atoms with Crippen molar-refractivity contribution in [3.63, 3.8) is 0 Å². The molecule has 0 bridgehead atoms. The topological polar surface area (TPSA) is 29.5 Å². The Balaban J connectivity index is 1.36. The SMILES string of the molecule is CC(C)=C/C=C/C(=O)Oc1ccc2c(c1)C1(C)CCC3C1C(C2)N3CC1CC1. The lowest BCUT2D eigenvalue weighted by Gasteiger charge is -2.60. The van der Waals surface area contributed by atoms with E-state index in [2.05, 4.69) is 24.0 Å². The van der Waals surface area contributed by atoms with Gasteiger partial charge in [-0.2, -0.15) is 0 Å². The zero-order valence-electron chi connectivity index (χ0n) is 17.3. The fourth-order valence-electron chi connectivity index (χ4n) is 6.07. The summed E-state index contributed by atoms with van der Waals surface area (Å²) in [5, 5.41) is 0. The van der Waals surface area contributed by atoms with Gasteiger partial charge in [0.05, 0.1) is 0 Å². The van der Waals surface area contributed by atoms with Gasteiger partial charge in [-0.1, -0.05) is 30.7 Å². The third-order valence-corrected chi connectivity index (χ3v) is 7.55. The first-order chi connectivity index (χ1) is 13.5. The van der Waals surface area contributed by atoms with E-state index in [1.807, 2.05) is 26.0 Å². The Bertz CT molecular complexity index is 861. The number of allylic oxidation sites excluding steroid dienone is 3. The third-order valence-electron chi connectivity index (χ3n) is 7.55. The van der Waals surface area contributed by atoms with E-state index in [1.54, 1.807) is 6.08 Å². The lowest BCUT2D eigenvalue weighted by molar-refractivity contribution is -0.129. The molecule has 3 nitrogen and oxygen atoms in total. The molecule has 4 atom stereocenters. The molecule has 1 saturated heterocycles. The minimum Gasteiger partial charge on any atom is -0.423 e. The molecule has 28 heavy (non-hydrogen) atoms. The summed E-state index contributed by atoms with van der Waals surface area (Å²) in [5.74, 6) is 2.13. The molecule has 1 aromatic rings. The van der Waals surface area contributed by atoms with E-state index in [0.29, 0.717) is 5.75 Å². The van der Waals surface area contributed by atoms with Gasteiger partial charge in [0.1, 0.15) is 5.75 Å². The van der Waals surface area contributed by atoms with Crippen LogP contribution in [0.15, 0.2) is 42.0 Å². The van der Waals surface area contributed by atoms with E-state index in [4.69, 9.17) is 4.74 Å². The van der Waals surface area contributed by atoms with Crippen molar-refractivity contribution < 1.29 is 9.53 Å². The number of carbonyl (C=O) groups is 1. The number of carbonyl (C=O) groups excluding carboxylic acids is 1. The Morgan fingerprint density at radius 2 is 2.07 bits per heavy atom. The van der Waals surface area contributed by atoms with Gasteiger partial charge in [0.15, 0.2) is 0 Å². The highest BCUT2D eigenvalue weighted by Gasteiger charge is 2.63. The minimum atomic E-state index is -0.306. The minimum absolute atomic E-state index is 0.239. The molecule has 2 saturated carbocycles. The Kier molecular flexibility index (Phi) is 4.28. The number of esters is 1. The number of ether oxygens (including phenoxy) is 1. The number of hydrogen-bond donors (Lipinski definition) is 0. The molecule has 3 aliphatic carbocycles. The van der Waals surface area contributed by atoms with Gasteiger partial charge in [-0.05, 0) is 86.5 Å². The Morgan fingerprint density at radius 3 is 2.82 bits per heavy atom. The summed E-state index contributed by atoms with van der Waals surface area (Å²) in [6, 6.07) is 7.85. The maximum Gasteiger partial charge on any atom is 0.336 e. The van der Waals surface area contributed by atoms with Gasteiger partial charge in [-0.3, -0.25) is 4.90 Å². The highest BCUT2D eigenvalue weighted by molar-refractivity contribution is 5.84. The molecule has 1 heterocycles. The first-order valence-corrected chi connectivity index (χ1v) is 10.9. The molecule has 3 fully saturated rings. The predicted molar refractivity (Wildman–Crippen MR) is 111 cm³/mol. The number of likely N-dealkylation sites (tertiary alicyclic amines) is 1. The zero-order valence-corrected chi connectivity index (χ0v) is 17.3. The second kappa shape index (κ2) is 6.59. The second-order valence-corrected chi connectivity index (χ2v) is 9.80. The van der Waals surface area contributed by atoms with E-state index in [9.17, 15) is 4.79 Å². The summed E-state index contributed by atoms with van der Waals surface area (Å²) in [4.78, 5) is 15.0. The maximum atomic E-state index is 12.1. The molecule has 5 rings (SSSR count). The fourth-order valence-corrected chi connectivity index (χ4v) is 6.07. The Morgan fingerprint density at radius 1 is 1.25 bits per heavy atom. The van der Waals surface area contributed by atoms with E-state index in [1.165, 1.54) is 49.4 Å². The van der Waals surface area contributed by atoms with Gasteiger partial charge in [0.25, 0.3) is 0 Å². The first kappa shape index (κ1) is 18.2. The maximum absolute atomic E-state index is 12.1. The van der Waals surface area contributed by atoms with Crippen molar-refractivity contribution >= 4 is 5.97 Å². The highest BCUT2D eigenvalue weighted by Crippen LogP contribution is 2.60. The van der Waals surface area contributed by atoms with Crippen molar-refractivity contribution in [1.82, 2.24) is 4.90 Å². The molecule has 0 radical (unpaired) electrons. The number of fused-ring (bicyclic) bond motifs is 2. The summed E-state index contributed by atoms with van der Waals surface area (Å²) in [7, 11) is 0. The Hall–Kier alpha value is -1.87. The number of benzene rings is 1. The van der Waals surface area contributed by atoms with Crippen molar-refractivity contribution in [2.45, 2.75) is 70.4 Å². The van der Waals surface area contributed by atoms with Crippen LogP contribution in [0.25, 0.3) is 0 Å². The molecule has 3 heteroatoms. The number of nitrogens with zero attached hydrogens (tertiary/aromatic N) is 1. The molecule has 4 unspecified atom stereocenters. The van der Waals surface area contributed by atoms with Crippen molar-refractivity contribution in [1.29, 1.82) is 0 Å². The molecule has 0 N–H and O–H groups in total. The average molecular weight is 378 g/mol. The summed E-state index contributed by atoms with van der Waals surface area (Å²) >= 11 is 0. The van der Waals surface area contributed by atoms with E-state index in [-0.39, 0.29) is 11.4 Å². The van der Waals surface area contributed by atoms with Crippen molar-refractivity contribution in [2.75, 3.05) is 6.54 Å². The second-order valence-electron chi connectivity index (χ2n) is 9.80.